The third-order valence-electron chi connectivity index (χ3n) is 11.8. The molecule has 8 rings (SSSR count). The molecule has 5 aromatic rings. The van der Waals surface area contributed by atoms with Crippen molar-refractivity contribution in [2.75, 3.05) is 57.4 Å². The van der Waals surface area contributed by atoms with E-state index in [1.165, 1.54) is 22.8 Å². The van der Waals surface area contributed by atoms with Gasteiger partial charge in [0.1, 0.15) is 23.5 Å². The molecule has 2 fully saturated rings. The summed E-state index contributed by atoms with van der Waals surface area (Å²) in [6, 6.07) is 21.0. The molecule has 0 atom stereocenters. The number of nitro groups is 1. The highest BCUT2D eigenvalue weighted by Crippen LogP contribution is 2.44. The van der Waals surface area contributed by atoms with Gasteiger partial charge in [0.25, 0.3) is 15.9 Å². The molecule has 4 aromatic carbocycles. The van der Waals surface area contributed by atoms with E-state index in [0.717, 1.165) is 62.8 Å². The van der Waals surface area contributed by atoms with E-state index < -0.39 is 43.7 Å². The van der Waals surface area contributed by atoms with Gasteiger partial charge in [-0.05, 0) is 84.3 Å². The van der Waals surface area contributed by atoms with Crippen LogP contribution >= 0.6 is 11.6 Å². The zero-order valence-electron chi connectivity index (χ0n) is 34.4. The Hall–Kier alpha value is -5.62. The number of sulfonamides is 1. The molecule has 62 heavy (non-hydrogen) atoms. The van der Waals surface area contributed by atoms with Crippen molar-refractivity contribution in [1.82, 2.24) is 25.0 Å². The number of rotatable bonds is 13. The predicted molar refractivity (Wildman–Crippen MR) is 232 cm³/mol. The van der Waals surface area contributed by atoms with Crippen LogP contribution in [-0.2, 0) is 14.8 Å². The zero-order chi connectivity index (χ0) is 43.6. The predicted octanol–water partition coefficient (Wildman–Crippen LogP) is 8.11. The molecular formula is C44H47ClFN7O8S. The van der Waals surface area contributed by atoms with Gasteiger partial charge in [0.05, 0.1) is 15.4 Å². The third kappa shape index (κ3) is 9.70. The van der Waals surface area contributed by atoms with E-state index in [4.69, 9.17) is 25.8 Å². The number of benzene rings is 4. The molecule has 0 saturated carbocycles. The number of piperazine rings is 1. The molecule has 2 saturated heterocycles. The van der Waals surface area contributed by atoms with Crippen LogP contribution in [0.3, 0.4) is 0 Å². The summed E-state index contributed by atoms with van der Waals surface area (Å²) in [5.41, 5.74) is 3.36. The van der Waals surface area contributed by atoms with Gasteiger partial charge in [-0.3, -0.25) is 19.8 Å². The maximum atomic E-state index is 15.2. The van der Waals surface area contributed by atoms with Crippen LogP contribution < -0.4 is 19.1 Å². The zero-order valence-corrected chi connectivity index (χ0v) is 35.9. The molecule has 1 amide bonds. The van der Waals surface area contributed by atoms with Gasteiger partial charge in [-0.1, -0.05) is 49.2 Å². The fourth-order valence-corrected chi connectivity index (χ4v) is 9.29. The Morgan fingerprint density at radius 1 is 0.968 bits per heavy atom. The first-order valence-corrected chi connectivity index (χ1v) is 22.3. The fourth-order valence-electron chi connectivity index (χ4n) is 8.17. The van der Waals surface area contributed by atoms with Crippen molar-refractivity contribution in [2.24, 2.45) is 5.41 Å². The lowest BCUT2D eigenvalue weighted by atomic mass is 9.72. The van der Waals surface area contributed by atoms with E-state index in [1.807, 2.05) is 16.9 Å². The normalized spacial score (nSPS) is 18.1. The van der Waals surface area contributed by atoms with Crippen LogP contribution in [0.25, 0.3) is 16.6 Å². The average molecular weight is 888 g/mol. The highest BCUT2D eigenvalue weighted by atomic mass is 35.5. The standard InChI is InChI=1S/C44H47ClFN7O8S/c1-43(2)15-14-30(35(26-43)29-6-8-31(45)9-7-29)27-51-18-20-52(21-19-51)32-10-12-34(40(24-32)61-39-5-3-4-36-41(39)48-50-47-36)42(54)49-62(57,58)33-11-13-38(37(25-33)53(55)56)60-28-44(46)16-22-59-23-17-44/h3-13,24-25H,14-23,26-28H2,1-2H3,(H,49,54)(H,47,48,50). The van der Waals surface area contributed by atoms with E-state index in [9.17, 15) is 23.3 Å². The van der Waals surface area contributed by atoms with Crippen LogP contribution in [-0.4, -0.2) is 97.8 Å². The number of hydrogen-bond donors (Lipinski definition) is 2. The van der Waals surface area contributed by atoms with Gasteiger partial charge in [0.15, 0.2) is 17.0 Å². The minimum absolute atomic E-state index is 0.0544. The molecule has 0 unspecified atom stereocenters. The first-order chi connectivity index (χ1) is 29.7. The number of nitro benzene ring substituents is 1. The van der Waals surface area contributed by atoms with E-state index in [2.05, 4.69) is 51.2 Å². The molecule has 1 aromatic heterocycles. The SMILES string of the molecule is CC1(C)CCC(CN2CCN(c3ccc(C(=O)NS(=O)(=O)c4ccc(OCC5(F)CCOCC5)c([N+](=O)[O-])c4)c(Oc4cccc5n[nH]nc45)c3)CC2)=C(c2ccc(Cl)cc2)C1. The summed E-state index contributed by atoms with van der Waals surface area (Å²) in [4.78, 5) is 29.2. The smallest absolute Gasteiger partial charge is 0.312 e. The highest BCUT2D eigenvalue weighted by molar-refractivity contribution is 7.90. The fraction of sp³-hybridized carbons (Fsp3) is 0.386. The number of H-pyrrole nitrogens is 1. The lowest BCUT2D eigenvalue weighted by Gasteiger charge is -2.39. The van der Waals surface area contributed by atoms with E-state index in [0.29, 0.717) is 29.1 Å². The Bertz CT molecular complexity index is 2630. The number of nitrogens with one attached hydrogen (secondary N) is 2. The number of fused-ring (bicyclic) bond motifs is 1. The number of carbonyl (C=O) groups is 1. The second kappa shape index (κ2) is 17.6. The molecule has 15 nitrogen and oxygen atoms in total. The molecular weight excluding hydrogens is 841 g/mol. The first-order valence-electron chi connectivity index (χ1n) is 20.5. The van der Waals surface area contributed by atoms with E-state index in [1.54, 1.807) is 30.3 Å². The Balaban J connectivity index is 1.01. The second-order valence-corrected chi connectivity index (χ2v) is 18.9. The molecule has 2 aliphatic heterocycles. The molecule has 1 aliphatic carbocycles. The maximum Gasteiger partial charge on any atom is 0.312 e. The molecule has 0 spiro atoms. The highest BCUT2D eigenvalue weighted by Gasteiger charge is 2.35. The number of nitrogens with zero attached hydrogens (tertiary/aromatic N) is 5. The molecule has 0 radical (unpaired) electrons. The summed E-state index contributed by atoms with van der Waals surface area (Å²) in [5.74, 6) is -1.02. The summed E-state index contributed by atoms with van der Waals surface area (Å²) in [7, 11) is -4.68. The monoisotopic (exact) mass is 887 g/mol. The van der Waals surface area contributed by atoms with Crippen LogP contribution in [0, 0.1) is 15.5 Å². The topological polar surface area (TPSA) is 182 Å². The minimum atomic E-state index is -4.68. The van der Waals surface area contributed by atoms with Crippen molar-refractivity contribution < 1.29 is 36.7 Å². The Morgan fingerprint density at radius 3 is 2.47 bits per heavy atom. The molecule has 326 valence electrons. The van der Waals surface area contributed by atoms with Gasteiger partial charge >= 0.3 is 5.69 Å². The molecule has 3 aliphatic rings. The number of carbonyl (C=O) groups excluding carboxylic acids is 1. The first kappa shape index (κ1) is 43.0. The van der Waals surface area contributed by atoms with Crippen LogP contribution in [0.5, 0.6) is 17.2 Å². The van der Waals surface area contributed by atoms with Gasteiger partial charge in [0, 0.05) is 81.6 Å². The number of ether oxygens (including phenoxy) is 3. The van der Waals surface area contributed by atoms with Crippen molar-refractivity contribution in [3.05, 3.63) is 111 Å². The van der Waals surface area contributed by atoms with Gasteiger partial charge in [-0.25, -0.2) is 17.5 Å². The van der Waals surface area contributed by atoms with E-state index >= 15 is 4.39 Å². The molecule has 2 N–H and O–H groups in total. The number of aromatic amines is 1. The van der Waals surface area contributed by atoms with Crippen molar-refractivity contribution in [3.63, 3.8) is 0 Å². The van der Waals surface area contributed by atoms with Gasteiger partial charge < -0.3 is 19.1 Å². The van der Waals surface area contributed by atoms with Crippen molar-refractivity contribution in [3.8, 4) is 17.2 Å². The van der Waals surface area contributed by atoms with Gasteiger partial charge in [-0.2, -0.15) is 15.4 Å². The average Bonchev–Trinajstić information content (AvgIpc) is 3.74. The summed E-state index contributed by atoms with van der Waals surface area (Å²) in [5, 5.41) is 23.6. The summed E-state index contributed by atoms with van der Waals surface area (Å²) in [6.45, 7) is 8.35. The number of hydrogen-bond acceptors (Lipinski definition) is 12. The Labute approximate surface area is 363 Å². The summed E-state index contributed by atoms with van der Waals surface area (Å²) in [6.07, 6.45) is 3.25. The van der Waals surface area contributed by atoms with Crippen LogP contribution in [0.4, 0.5) is 15.8 Å². The largest absolute Gasteiger partial charge is 0.483 e. The second-order valence-electron chi connectivity index (χ2n) is 16.8. The van der Waals surface area contributed by atoms with Crippen molar-refractivity contribution in [2.45, 2.75) is 56.5 Å². The minimum Gasteiger partial charge on any atom is -0.483 e. The Kier molecular flexibility index (Phi) is 12.2. The number of para-hydroxylation sites is 1. The molecule has 18 heteroatoms. The quantitative estimate of drug-likeness (QED) is 0.0857. The van der Waals surface area contributed by atoms with Crippen LogP contribution in [0.1, 0.15) is 61.9 Å². The van der Waals surface area contributed by atoms with Crippen molar-refractivity contribution >= 4 is 55.5 Å². The van der Waals surface area contributed by atoms with Crippen molar-refractivity contribution in [1.29, 1.82) is 0 Å². The third-order valence-corrected chi connectivity index (χ3v) is 13.4. The summed E-state index contributed by atoms with van der Waals surface area (Å²) >= 11 is 6.23. The number of aromatic nitrogens is 3. The number of amides is 1. The van der Waals surface area contributed by atoms with Gasteiger partial charge in [0.2, 0.25) is 0 Å². The number of allylic oxidation sites excluding steroid dienone is 1. The van der Waals surface area contributed by atoms with Crippen LogP contribution in [0.15, 0.2) is 89.3 Å². The number of alkyl halides is 1. The van der Waals surface area contributed by atoms with Gasteiger partial charge in [-0.15, -0.1) is 0 Å². The maximum absolute atomic E-state index is 15.2. The number of anilines is 1. The summed E-state index contributed by atoms with van der Waals surface area (Å²) < 4.78 is 61.5. The number of halogens is 2. The van der Waals surface area contributed by atoms with Crippen LogP contribution in [0.2, 0.25) is 5.02 Å². The molecule has 0 bridgehead atoms. The van der Waals surface area contributed by atoms with E-state index in [-0.39, 0.29) is 54.3 Å². The molecule has 3 heterocycles. The lowest BCUT2D eigenvalue weighted by Crippen LogP contribution is -2.47. The Morgan fingerprint density at radius 2 is 1.73 bits per heavy atom. The lowest BCUT2D eigenvalue weighted by molar-refractivity contribution is -0.386.